The van der Waals surface area contributed by atoms with E-state index in [1.54, 1.807) is 0 Å². The summed E-state index contributed by atoms with van der Waals surface area (Å²) in [5, 5.41) is 2.39. The molecule has 2 aromatic carbocycles. The van der Waals surface area contributed by atoms with Crippen LogP contribution in [0.15, 0.2) is 53.4 Å². The molecule has 0 aromatic heterocycles. The van der Waals surface area contributed by atoms with Crippen molar-refractivity contribution in [1.29, 1.82) is 0 Å². The lowest BCUT2D eigenvalue weighted by Gasteiger charge is -2.17. The van der Waals surface area contributed by atoms with Gasteiger partial charge in [-0.1, -0.05) is 31.9 Å². The van der Waals surface area contributed by atoms with E-state index in [0.717, 1.165) is 44.5 Å². The Morgan fingerprint density at radius 2 is 1.88 bits per heavy atom. The summed E-state index contributed by atoms with van der Waals surface area (Å²) in [6.45, 7) is 4.54. The molecule has 2 N–H and O–H groups in total. The van der Waals surface area contributed by atoms with Crippen LogP contribution in [0.1, 0.15) is 48.5 Å². The maximum atomic E-state index is 12.9. The molecule has 2 aromatic rings. The Labute approximate surface area is 192 Å². The third kappa shape index (κ3) is 7.02. The molecular formula is C23H28F3N3O3S. The van der Waals surface area contributed by atoms with E-state index in [-0.39, 0.29) is 22.2 Å². The van der Waals surface area contributed by atoms with E-state index in [1.165, 1.54) is 36.4 Å². The highest BCUT2D eigenvalue weighted by Gasteiger charge is 2.31. The van der Waals surface area contributed by atoms with Crippen molar-refractivity contribution in [2.45, 2.75) is 49.7 Å². The fraction of sp³-hybridized carbons (Fsp3) is 0.435. The number of alkyl halides is 3. The van der Waals surface area contributed by atoms with Crippen LogP contribution in [-0.4, -0.2) is 44.9 Å². The van der Waals surface area contributed by atoms with Gasteiger partial charge in [-0.3, -0.25) is 4.79 Å². The van der Waals surface area contributed by atoms with Gasteiger partial charge in [-0.25, -0.2) is 13.1 Å². The highest BCUT2D eigenvalue weighted by atomic mass is 32.2. The number of amides is 1. The van der Waals surface area contributed by atoms with E-state index >= 15 is 0 Å². The molecule has 0 spiro atoms. The molecule has 1 heterocycles. The van der Waals surface area contributed by atoms with E-state index in [1.807, 2.05) is 0 Å². The molecule has 33 heavy (non-hydrogen) atoms. The molecule has 6 nitrogen and oxygen atoms in total. The number of unbranched alkanes of at least 4 members (excludes halogenated alkanes) is 2. The summed E-state index contributed by atoms with van der Waals surface area (Å²) in [7, 11) is -3.85. The van der Waals surface area contributed by atoms with Crippen molar-refractivity contribution in [3.8, 4) is 0 Å². The van der Waals surface area contributed by atoms with Gasteiger partial charge in [-0.2, -0.15) is 13.2 Å². The first kappa shape index (κ1) is 25.2. The fourth-order valence-corrected chi connectivity index (χ4v) is 5.09. The molecule has 0 saturated carbocycles. The van der Waals surface area contributed by atoms with E-state index in [2.05, 4.69) is 21.9 Å². The Balaban J connectivity index is 1.66. The molecule has 1 aliphatic heterocycles. The van der Waals surface area contributed by atoms with Crippen LogP contribution in [0.25, 0.3) is 0 Å². The maximum Gasteiger partial charge on any atom is 0.416 e. The van der Waals surface area contributed by atoms with Gasteiger partial charge >= 0.3 is 6.18 Å². The highest BCUT2D eigenvalue weighted by molar-refractivity contribution is 7.89. The summed E-state index contributed by atoms with van der Waals surface area (Å²) in [4.78, 5) is 14.7. The van der Waals surface area contributed by atoms with E-state index in [9.17, 15) is 26.4 Å². The summed E-state index contributed by atoms with van der Waals surface area (Å²) in [6, 6.07) is 9.50. The van der Waals surface area contributed by atoms with Crippen molar-refractivity contribution >= 4 is 21.6 Å². The molecule has 10 heteroatoms. The van der Waals surface area contributed by atoms with Crippen molar-refractivity contribution in [1.82, 2.24) is 9.62 Å². The Kier molecular flexibility index (Phi) is 8.14. The Morgan fingerprint density at radius 1 is 1.12 bits per heavy atom. The largest absolute Gasteiger partial charge is 0.416 e. The van der Waals surface area contributed by atoms with Crippen LogP contribution < -0.4 is 10.0 Å². The standard InChI is InChI=1S/C23H28F3N3O3S/c1-2-3-4-12-29-13-11-20(16-29)28-33(31,32)21-10-5-7-17(14-21)22(30)27-19-9-6-8-18(15-19)23(24,25)26/h5-10,14-15,20,28H,2-4,11-13,16H2,1H3,(H,27,30). The second kappa shape index (κ2) is 10.7. The van der Waals surface area contributed by atoms with Crippen molar-refractivity contribution in [2.75, 3.05) is 25.0 Å². The Hall–Kier alpha value is -2.43. The molecule has 0 radical (unpaired) electrons. The predicted octanol–water partition coefficient (Wildman–Crippen LogP) is 4.50. The number of rotatable bonds is 9. The lowest BCUT2D eigenvalue weighted by atomic mass is 10.1. The van der Waals surface area contributed by atoms with Crippen molar-refractivity contribution in [2.24, 2.45) is 0 Å². The maximum absolute atomic E-state index is 12.9. The third-order valence-corrected chi connectivity index (χ3v) is 7.04. The predicted molar refractivity (Wildman–Crippen MR) is 121 cm³/mol. The number of carbonyl (C=O) groups excluding carboxylic acids is 1. The lowest BCUT2D eigenvalue weighted by Crippen LogP contribution is -2.37. The lowest BCUT2D eigenvalue weighted by molar-refractivity contribution is -0.137. The van der Waals surface area contributed by atoms with Gasteiger partial charge in [0.05, 0.1) is 10.5 Å². The number of sulfonamides is 1. The van der Waals surface area contributed by atoms with Crippen LogP contribution >= 0.6 is 0 Å². The average molecular weight is 484 g/mol. The van der Waals surface area contributed by atoms with Crippen LogP contribution in [-0.2, 0) is 16.2 Å². The van der Waals surface area contributed by atoms with Crippen LogP contribution in [0, 0.1) is 0 Å². The number of nitrogens with zero attached hydrogens (tertiary/aromatic N) is 1. The number of carbonyl (C=O) groups is 1. The molecule has 1 aliphatic rings. The zero-order chi connectivity index (χ0) is 24.1. The third-order valence-electron chi connectivity index (χ3n) is 5.53. The summed E-state index contributed by atoms with van der Waals surface area (Å²) in [6.07, 6.45) is -0.476. The molecular weight excluding hydrogens is 455 g/mol. The minimum Gasteiger partial charge on any atom is -0.322 e. The Bertz CT molecular complexity index is 1070. The topological polar surface area (TPSA) is 78.5 Å². The minimum atomic E-state index is -4.54. The Morgan fingerprint density at radius 3 is 2.61 bits per heavy atom. The van der Waals surface area contributed by atoms with Crippen LogP contribution in [0.3, 0.4) is 0 Å². The minimum absolute atomic E-state index is 0.0305. The molecule has 1 atom stereocenters. The summed E-state index contributed by atoms with van der Waals surface area (Å²) in [5.41, 5.74) is -0.889. The highest BCUT2D eigenvalue weighted by Crippen LogP contribution is 2.30. The van der Waals surface area contributed by atoms with Gasteiger partial charge in [-0.15, -0.1) is 0 Å². The van der Waals surface area contributed by atoms with E-state index in [0.29, 0.717) is 13.0 Å². The first-order chi connectivity index (χ1) is 15.6. The monoisotopic (exact) mass is 483 g/mol. The molecule has 180 valence electrons. The second-order valence-corrected chi connectivity index (χ2v) is 9.89. The number of benzene rings is 2. The first-order valence-corrected chi connectivity index (χ1v) is 12.4. The molecule has 0 bridgehead atoms. The van der Waals surface area contributed by atoms with E-state index in [4.69, 9.17) is 0 Å². The molecule has 1 fully saturated rings. The molecule has 1 unspecified atom stereocenters. The number of halogens is 3. The first-order valence-electron chi connectivity index (χ1n) is 10.9. The SMILES string of the molecule is CCCCCN1CCC(NS(=O)(=O)c2cccc(C(=O)Nc3cccc(C(F)(F)F)c3)c2)C1. The van der Waals surface area contributed by atoms with Crippen LogP contribution in [0.4, 0.5) is 18.9 Å². The van der Waals surface area contributed by atoms with Gasteiger partial charge in [0.1, 0.15) is 0 Å². The second-order valence-electron chi connectivity index (χ2n) is 8.18. The zero-order valence-corrected chi connectivity index (χ0v) is 19.2. The summed E-state index contributed by atoms with van der Waals surface area (Å²) >= 11 is 0. The normalized spacial score (nSPS) is 17.3. The summed E-state index contributed by atoms with van der Waals surface area (Å²) in [5.74, 6) is -0.700. The van der Waals surface area contributed by atoms with Crippen molar-refractivity contribution in [3.05, 3.63) is 59.7 Å². The molecule has 0 aliphatic carbocycles. The van der Waals surface area contributed by atoms with Crippen LogP contribution in [0.2, 0.25) is 0 Å². The number of likely N-dealkylation sites (tertiary alicyclic amines) is 1. The number of anilines is 1. The van der Waals surface area contributed by atoms with Gasteiger partial charge in [0.25, 0.3) is 5.91 Å². The van der Waals surface area contributed by atoms with Crippen LogP contribution in [0.5, 0.6) is 0 Å². The van der Waals surface area contributed by atoms with Gasteiger partial charge in [0.2, 0.25) is 10.0 Å². The smallest absolute Gasteiger partial charge is 0.322 e. The van der Waals surface area contributed by atoms with Gasteiger partial charge < -0.3 is 10.2 Å². The van der Waals surface area contributed by atoms with Crippen molar-refractivity contribution < 1.29 is 26.4 Å². The zero-order valence-electron chi connectivity index (χ0n) is 18.4. The number of nitrogens with one attached hydrogen (secondary N) is 2. The molecule has 1 saturated heterocycles. The number of hydrogen-bond donors (Lipinski definition) is 2. The fourth-order valence-electron chi connectivity index (χ4n) is 3.79. The van der Waals surface area contributed by atoms with Crippen molar-refractivity contribution in [3.63, 3.8) is 0 Å². The van der Waals surface area contributed by atoms with E-state index < -0.39 is 27.7 Å². The number of hydrogen-bond acceptors (Lipinski definition) is 4. The molecule has 1 amide bonds. The molecule has 3 rings (SSSR count). The summed E-state index contributed by atoms with van der Waals surface area (Å²) < 4.78 is 67.1. The van der Waals surface area contributed by atoms with Gasteiger partial charge in [0.15, 0.2) is 0 Å². The average Bonchev–Trinajstić information content (AvgIpc) is 3.20. The van der Waals surface area contributed by atoms with Gasteiger partial charge in [0, 0.05) is 23.8 Å². The quantitative estimate of drug-likeness (QED) is 0.515. The van der Waals surface area contributed by atoms with Gasteiger partial charge in [-0.05, 0) is 62.3 Å².